The molecule has 5 rings (SSSR count). The Hall–Kier alpha value is -2.44. The summed E-state index contributed by atoms with van der Waals surface area (Å²) in [5.74, 6) is 0. The van der Waals surface area contributed by atoms with E-state index in [2.05, 4.69) is 76.9 Å². The van der Waals surface area contributed by atoms with Crippen LogP contribution >= 0.6 is 0 Å². The van der Waals surface area contributed by atoms with Gasteiger partial charge in [0.2, 0.25) is 0 Å². The van der Waals surface area contributed by atoms with E-state index >= 15 is 0 Å². The van der Waals surface area contributed by atoms with Crippen molar-refractivity contribution in [2.45, 2.75) is 52.4 Å². The highest BCUT2D eigenvalue weighted by molar-refractivity contribution is 5.94. The third-order valence-electron chi connectivity index (χ3n) is 7.26. The summed E-state index contributed by atoms with van der Waals surface area (Å²) in [6, 6.07) is 13.9. The number of aromatic nitrogens is 2. The van der Waals surface area contributed by atoms with Crippen LogP contribution in [-0.2, 0) is 6.54 Å². The van der Waals surface area contributed by atoms with Gasteiger partial charge in [-0.2, -0.15) is 0 Å². The van der Waals surface area contributed by atoms with E-state index in [9.17, 15) is 4.39 Å². The van der Waals surface area contributed by atoms with Crippen LogP contribution in [0, 0.1) is 6.92 Å². The maximum absolute atomic E-state index is 13.5. The number of fused-ring (bicyclic) bond motifs is 1. The van der Waals surface area contributed by atoms with Crippen LogP contribution in [0.1, 0.15) is 38.1 Å². The first-order valence-corrected chi connectivity index (χ1v) is 12.4. The number of halogens is 1. The number of piperidine rings is 1. The lowest BCUT2D eigenvalue weighted by atomic mass is 10.1. The van der Waals surface area contributed by atoms with Crippen LogP contribution in [0.25, 0.3) is 22.2 Å². The standard InChI is InChI=1S/C27H36FN5/c1-19(2)32-12-14-33(15-13-32)24-6-4-21(5-7-24)27-25-17-23(30-26(25)16-20(3)29-27)18-31-10-8-22(28)9-11-31/h4-7,16-17,19,22,30H,8-15,18H2,1-3H3. The molecule has 0 amide bonds. The summed E-state index contributed by atoms with van der Waals surface area (Å²) in [5.41, 5.74) is 6.79. The zero-order chi connectivity index (χ0) is 22.9. The van der Waals surface area contributed by atoms with Crippen LogP contribution < -0.4 is 4.90 Å². The van der Waals surface area contributed by atoms with Gasteiger partial charge < -0.3 is 9.88 Å². The molecule has 0 unspecified atom stereocenters. The topological polar surface area (TPSA) is 38.4 Å². The highest BCUT2D eigenvalue weighted by Crippen LogP contribution is 2.31. The van der Waals surface area contributed by atoms with Gasteiger partial charge in [-0.25, -0.2) is 4.39 Å². The van der Waals surface area contributed by atoms with Crippen molar-refractivity contribution in [2.75, 3.05) is 44.2 Å². The van der Waals surface area contributed by atoms with E-state index in [0.29, 0.717) is 18.9 Å². The number of rotatable bonds is 5. The number of nitrogens with one attached hydrogen (secondary N) is 1. The van der Waals surface area contributed by atoms with E-state index in [0.717, 1.165) is 73.7 Å². The number of hydrogen-bond acceptors (Lipinski definition) is 4. The Morgan fingerprint density at radius 3 is 2.36 bits per heavy atom. The molecule has 0 radical (unpaired) electrons. The first-order chi connectivity index (χ1) is 16.0. The Morgan fingerprint density at radius 1 is 1.00 bits per heavy atom. The normalized spacial score (nSPS) is 19.1. The summed E-state index contributed by atoms with van der Waals surface area (Å²) in [4.78, 5) is 15.9. The zero-order valence-corrected chi connectivity index (χ0v) is 20.1. The molecule has 2 aliphatic heterocycles. The van der Waals surface area contributed by atoms with Crippen molar-refractivity contribution in [1.29, 1.82) is 0 Å². The van der Waals surface area contributed by atoms with Gasteiger partial charge in [0.05, 0.1) is 5.69 Å². The lowest BCUT2D eigenvalue weighted by Crippen LogP contribution is -2.48. The van der Waals surface area contributed by atoms with Gasteiger partial charge in [0, 0.05) is 85.4 Å². The Morgan fingerprint density at radius 2 is 1.70 bits per heavy atom. The molecule has 5 nitrogen and oxygen atoms in total. The average Bonchev–Trinajstić information content (AvgIpc) is 3.22. The second kappa shape index (κ2) is 9.43. The molecular formula is C27H36FN5. The van der Waals surface area contributed by atoms with E-state index in [1.165, 1.54) is 11.4 Å². The number of nitrogens with zero attached hydrogens (tertiary/aromatic N) is 4. The average molecular weight is 450 g/mol. The van der Waals surface area contributed by atoms with Crippen LogP contribution in [0.3, 0.4) is 0 Å². The molecule has 2 fully saturated rings. The van der Waals surface area contributed by atoms with E-state index in [-0.39, 0.29) is 0 Å². The molecule has 6 heteroatoms. The van der Waals surface area contributed by atoms with Crippen molar-refractivity contribution in [3.05, 3.63) is 47.8 Å². The number of hydrogen-bond donors (Lipinski definition) is 1. The van der Waals surface area contributed by atoms with Crippen LogP contribution in [0.5, 0.6) is 0 Å². The Labute approximate surface area is 196 Å². The van der Waals surface area contributed by atoms with Crippen LogP contribution in [0.2, 0.25) is 0 Å². The summed E-state index contributed by atoms with van der Waals surface area (Å²) in [7, 11) is 0. The van der Waals surface area contributed by atoms with Gasteiger partial charge in [-0.15, -0.1) is 0 Å². The quantitative estimate of drug-likeness (QED) is 0.595. The van der Waals surface area contributed by atoms with E-state index < -0.39 is 6.17 Å². The van der Waals surface area contributed by atoms with Crippen molar-refractivity contribution >= 4 is 16.6 Å². The van der Waals surface area contributed by atoms with Gasteiger partial charge >= 0.3 is 0 Å². The maximum Gasteiger partial charge on any atom is 0.103 e. The lowest BCUT2D eigenvalue weighted by Gasteiger charge is -2.38. The summed E-state index contributed by atoms with van der Waals surface area (Å²) < 4.78 is 13.5. The summed E-state index contributed by atoms with van der Waals surface area (Å²) >= 11 is 0. The maximum atomic E-state index is 13.5. The zero-order valence-electron chi connectivity index (χ0n) is 20.1. The third kappa shape index (κ3) is 4.92. The molecule has 4 heterocycles. The van der Waals surface area contributed by atoms with Crippen molar-refractivity contribution in [1.82, 2.24) is 19.8 Å². The second-order valence-electron chi connectivity index (χ2n) is 9.98. The smallest absolute Gasteiger partial charge is 0.103 e. The number of piperazine rings is 1. The Kier molecular flexibility index (Phi) is 6.39. The van der Waals surface area contributed by atoms with Crippen molar-refractivity contribution < 1.29 is 4.39 Å². The molecule has 0 atom stereocenters. The third-order valence-corrected chi connectivity index (χ3v) is 7.26. The van der Waals surface area contributed by atoms with E-state index in [1.54, 1.807) is 0 Å². The summed E-state index contributed by atoms with van der Waals surface area (Å²) in [6.07, 6.45) is 0.653. The molecule has 2 aliphatic rings. The number of pyridine rings is 1. The number of likely N-dealkylation sites (tertiary alicyclic amines) is 1. The largest absolute Gasteiger partial charge is 0.369 e. The summed E-state index contributed by atoms with van der Waals surface area (Å²) in [5, 5.41) is 1.16. The fourth-order valence-corrected chi connectivity index (χ4v) is 5.25. The van der Waals surface area contributed by atoms with Crippen LogP contribution in [-0.4, -0.2) is 71.2 Å². The van der Waals surface area contributed by atoms with Gasteiger partial charge in [-0.05, 0) is 57.9 Å². The van der Waals surface area contributed by atoms with Gasteiger partial charge in [-0.3, -0.25) is 14.8 Å². The fraction of sp³-hybridized carbons (Fsp3) is 0.519. The monoisotopic (exact) mass is 449 g/mol. The molecule has 0 spiro atoms. The predicted octanol–water partition coefficient (Wildman–Crippen LogP) is 5.00. The minimum atomic E-state index is -0.635. The predicted molar refractivity (Wildman–Crippen MR) is 135 cm³/mol. The summed E-state index contributed by atoms with van der Waals surface area (Å²) in [6.45, 7) is 13.5. The number of aromatic amines is 1. The Balaban J connectivity index is 1.35. The van der Waals surface area contributed by atoms with Crippen LogP contribution in [0.15, 0.2) is 36.4 Å². The van der Waals surface area contributed by atoms with Crippen molar-refractivity contribution in [3.63, 3.8) is 0 Å². The molecule has 0 saturated carbocycles. The van der Waals surface area contributed by atoms with Crippen molar-refractivity contribution in [3.8, 4) is 11.3 Å². The molecule has 33 heavy (non-hydrogen) atoms. The fourth-order valence-electron chi connectivity index (χ4n) is 5.25. The second-order valence-corrected chi connectivity index (χ2v) is 9.98. The molecular weight excluding hydrogens is 413 g/mol. The number of benzene rings is 1. The molecule has 0 aliphatic carbocycles. The van der Waals surface area contributed by atoms with Gasteiger partial charge in [0.25, 0.3) is 0 Å². The first-order valence-electron chi connectivity index (χ1n) is 12.4. The number of alkyl halides is 1. The number of anilines is 1. The molecule has 1 aromatic carbocycles. The molecule has 176 valence electrons. The van der Waals surface area contributed by atoms with E-state index in [1.807, 2.05) is 0 Å². The van der Waals surface area contributed by atoms with Crippen LogP contribution in [0.4, 0.5) is 10.1 Å². The van der Waals surface area contributed by atoms with E-state index in [4.69, 9.17) is 4.98 Å². The molecule has 2 saturated heterocycles. The SMILES string of the molecule is Cc1cc2[nH]c(CN3CCC(F)CC3)cc2c(-c2ccc(N3CCN(C(C)C)CC3)cc2)n1. The first kappa shape index (κ1) is 22.4. The number of H-pyrrole nitrogens is 1. The number of aryl methyl sites for hydroxylation is 1. The van der Waals surface area contributed by atoms with Gasteiger partial charge in [0.1, 0.15) is 6.17 Å². The minimum Gasteiger partial charge on any atom is -0.369 e. The van der Waals surface area contributed by atoms with Gasteiger partial charge in [-0.1, -0.05) is 12.1 Å². The van der Waals surface area contributed by atoms with Crippen molar-refractivity contribution in [2.24, 2.45) is 0 Å². The Bertz CT molecular complexity index is 1070. The highest BCUT2D eigenvalue weighted by Gasteiger charge is 2.21. The van der Waals surface area contributed by atoms with Gasteiger partial charge in [0.15, 0.2) is 0 Å². The molecule has 3 aromatic rings. The molecule has 1 N–H and O–H groups in total. The molecule has 2 aromatic heterocycles. The highest BCUT2D eigenvalue weighted by atomic mass is 19.1. The molecule has 0 bridgehead atoms. The minimum absolute atomic E-state index is 0.617. The lowest BCUT2D eigenvalue weighted by molar-refractivity contribution is 0.144.